The third-order valence-corrected chi connectivity index (χ3v) is 14.0. The molecule has 0 bridgehead atoms. The number of esters is 10. The molecule has 0 saturated carbocycles. The first kappa shape index (κ1) is 68.4. The Morgan fingerprint density at radius 3 is 1.57 bits per heavy atom. The SMILES string of the molecule is COC(=O)[C@@]1(O)O[C@@H]([C@H](OC(C)=O)[C@@H](COC(C)=O)OC(C)=O)[C@H](NC(C)=O)[C@@H](OC(C)=O)[C@H]1SCCCSC[C@H]1O[C@@H](O[C@@H]2[C@H](OC(C)=O)[C@@H](NC(C)=O)[C@H](OC)O[C@@H]2COC(C)=O)[C@H](OC(C)=O)[C@@H](OC(C)=O)[C@H]1OC(C)=O. The van der Waals surface area contributed by atoms with E-state index in [0.29, 0.717) is 0 Å². The molecule has 3 heterocycles. The van der Waals surface area contributed by atoms with Crippen molar-refractivity contribution in [2.75, 3.05) is 44.7 Å². The van der Waals surface area contributed by atoms with Crippen molar-refractivity contribution >= 4 is 95.0 Å². The number of hydrogen-bond donors (Lipinski definition) is 3. The smallest absolute Gasteiger partial charge is 0.367 e. The monoisotopic (exact) mass is 1190 g/mol. The van der Waals surface area contributed by atoms with E-state index in [-0.39, 0.29) is 23.7 Å². The van der Waals surface area contributed by atoms with Crippen molar-refractivity contribution in [2.45, 2.75) is 185 Å². The second-order valence-corrected chi connectivity index (χ2v) is 20.5. The van der Waals surface area contributed by atoms with Gasteiger partial charge in [-0.3, -0.25) is 52.7 Å². The van der Waals surface area contributed by atoms with Gasteiger partial charge in [-0.05, 0) is 17.9 Å². The molecule has 0 aliphatic carbocycles. The minimum absolute atomic E-state index is 0.0123. The van der Waals surface area contributed by atoms with Crippen LogP contribution in [-0.2, 0) is 129 Å². The van der Waals surface area contributed by atoms with E-state index in [0.717, 1.165) is 107 Å². The Bertz CT molecular complexity index is 2240. The quantitative estimate of drug-likeness (QED) is 0.0510. The van der Waals surface area contributed by atoms with Crippen molar-refractivity contribution in [3.05, 3.63) is 0 Å². The molecule has 30 nitrogen and oxygen atoms in total. The van der Waals surface area contributed by atoms with E-state index in [4.69, 9.17) is 71.1 Å². The summed E-state index contributed by atoms with van der Waals surface area (Å²) < 4.78 is 85.0. The summed E-state index contributed by atoms with van der Waals surface area (Å²) in [6.07, 6.45) is -20.9. The van der Waals surface area contributed by atoms with Gasteiger partial charge in [0.1, 0.15) is 55.0 Å². The lowest BCUT2D eigenvalue weighted by atomic mass is 9.87. The summed E-state index contributed by atoms with van der Waals surface area (Å²) in [6, 6.07) is -2.90. The second kappa shape index (κ2) is 31.9. The summed E-state index contributed by atoms with van der Waals surface area (Å²) in [5, 5.41) is 15.8. The highest BCUT2D eigenvalue weighted by atomic mass is 32.2. The fourth-order valence-electron chi connectivity index (χ4n) is 8.76. The van der Waals surface area contributed by atoms with Gasteiger partial charge in [0, 0.05) is 89.0 Å². The van der Waals surface area contributed by atoms with Crippen LogP contribution in [-0.4, -0.2) is 224 Å². The number of aliphatic hydroxyl groups is 1. The summed E-state index contributed by atoms with van der Waals surface area (Å²) in [5.74, 6) is -14.2. The van der Waals surface area contributed by atoms with Crippen LogP contribution in [0.3, 0.4) is 0 Å². The van der Waals surface area contributed by atoms with E-state index in [1.807, 2.05) is 0 Å². The number of rotatable bonds is 26. The molecule has 0 spiro atoms. The Hall–Kier alpha value is -5.90. The van der Waals surface area contributed by atoms with Crippen LogP contribution in [0.5, 0.6) is 0 Å². The van der Waals surface area contributed by atoms with Gasteiger partial charge < -0.3 is 86.8 Å². The number of nitrogens with one attached hydrogen (secondary N) is 2. The fraction of sp³-hybridized carbons (Fsp3) is 0.750. The lowest BCUT2D eigenvalue weighted by Crippen LogP contribution is -2.74. The molecule has 0 aromatic heterocycles. The average Bonchev–Trinajstić information content (AvgIpc) is 3.33. The van der Waals surface area contributed by atoms with Crippen molar-refractivity contribution in [2.24, 2.45) is 0 Å². The number of ether oxygens (including phenoxy) is 15. The van der Waals surface area contributed by atoms with E-state index in [1.54, 1.807) is 0 Å². The lowest BCUT2D eigenvalue weighted by Gasteiger charge is -2.50. The molecular weight excluding hydrogens is 1120 g/mol. The summed E-state index contributed by atoms with van der Waals surface area (Å²) in [5.41, 5.74) is 0. The van der Waals surface area contributed by atoms with Crippen LogP contribution in [0.25, 0.3) is 0 Å². The second-order valence-electron chi connectivity index (χ2n) is 18.1. The molecule has 3 rings (SSSR count). The molecule has 452 valence electrons. The zero-order valence-electron chi connectivity index (χ0n) is 46.3. The number of amides is 2. The van der Waals surface area contributed by atoms with E-state index < -0.39 is 188 Å². The molecule has 3 aliphatic heterocycles. The van der Waals surface area contributed by atoms with Gasteiger partial charge in [-0.15, -0.1) is 11.8 Å². The van der Waals surface area contributed by atoms with Crippen molar-refractivity contribution in [1.29, 1.82) is 0 Å². The maximum absolute atomic E-state index is 13.7. The molecule has 80 heavy (non-hydrogen) atoms. The van der Waals surface area contributed by atoms with E-state index in [1.165, 1.54) is 7.11 Å². The van der Waals surface area contributed by atoms with Gasteiger partial charge in [-0.25, -0.2) is 4.79 Å². The molecule has 2 amide bonds. The van der Waals surface area contributed by atoms with E-state index in [9.17, 15) is 62.6 Å². The standard InChI is InChI=1S/C48H70N2O28S2/c1-20(51)49-34-40(37(69-25(6)56)31(68-24(5)55)17-66-22(3)53)78-48(63,47(62)65-13)44(41(34)72-28(9)59)80-16-14-15-79-19-33-38(70-26(7)57)42(73-29(10)60)43(74-30(11)61)46(76-33)77-36-32(18-67-23(4)54)75-45(64-12)35(50-21(2)52)39(36)71-27(8)58/h31-46,63H,14-19H2,1-13H3,(H,49,51)(H,50,52)/t31-,32-,33-,34+,35-,36+,37-,38+,39-,40-,41-,42+,43-,44-,45-,46+,48+/m1/s1. The zero-order chi connectivity index (χ0) is 60.3. The highest BCUT2D eigenvalue weighted by Gasteiger charge is 2.64. The van der Waals surface area contributed by atoms with Crippen LogP contribution >= 0.6 is 23.5 Å². The highest BCUT2D eigenvalue weighted by Crippen LogP contribution is 2.42. The molecule has 0 unspecified atom stereocenters. The van der Waals surface area contributed by atoms with Crippen LogP contribution in [0.1, 0.15) is 82.6 Å². The first-order valence-electron chi connectivity index (χ1n) is 24.6. The third kappa shape index (κ3) is 20.3. The molecule has 0 aromatic carbocycles. The minimum atomic E-state index is -3.10. The number of thioether (sulfide) groups is 2. The largest absolute Gasteiger partial charge is 0.465 e. The number of hydrogen-bond acceptors (Lipinski definition) is 30. The number of carbonyl (C=O) groups is 12. The summed E-state index contributed by atoms with van der Waals surface area (Å²) in [6.45, 7) is 10.1. The number of methoxy groups -OCH3 is 2. The van der Waals surface area contributed by atoms with Gasteiger partial charge in [0.2, 0.25) is 11.8 Å². The van der Waals surface area contributed by atoms with Gasteiger partial charge >= 0.3 is 59.7 Å². The normalized spacial score (nSPS) is 29.8. The summed E-state index contributed by atoms with van der Waals surface area (Å²) >= 11 is 1.96. The van der Waals surface area contributed by atoms with Crippen LogP contribution in [0.15, 0.2) is 0 Å². The Morgan fingerprint density at radius 1 is 0.550 bits per heavy atom. The van der Waals surface area contributed by atoms with Crippen LogP contribution in [0.2, 0.25) is 0 Å². The van der Waals surface area contributed by atoms with Gasteiger partial charge in [0.15, 0.2) is 49.2 Å². The van der Waals surface area contributed by atoms with E-state index >= 15 is 0 Å². The zero-order valence-corrected chi connectivity index (χ0v) is 47.9. The maximum Gasteiger partial charge on any atom is 0.367 e. The molecule has 0 radical (unpaired) electrons. The van der Waals surface area contributed by atoms with Crippen molar-refractivity contribution in [3.63, 3.8) is 0 Å². The molecule has 32 heteroatoms. The molecule has 3 aliphatic rings. The first-order chi connectivity index (χ1) is 37.4. The van der Waals surface area contributed by atoms with Crippen LogP contribution in [0.4, 0.5) is 0 Å². The Labute approximate surface area is 468 Å². The average molecular weight is 1190 g/mol. The molecule has 3 N–H and O–H groups in total. The topological polar surface area (TPSA) is 388 Å². The summed E-state index contributed by atoms with van der Waals surface area (Å²) in [4.78, 5) is 152. The predicted molar refractivity (Wildman–Crippen MR) is 267 cm³/mol. The van der Waals surface area contributed by atoms with E-state index in [2.05, 4.69) is 10.6 Å². The van der Waals surface area contributed by atoms with Gasteiger partial charge in [-0.2, -0.15) is 11.8 Å². The number of carbonyl (C=O) groups excluding carboxylic acids is 12. The predicted octanol–water partition coefficient (Wildman–Crippen LogP) is -1.39. The first-order valence-corrected chi connectivity index (χ1v) is 26.8. The Morgan fingerprint density at radius 2 is 1.06 bits per heavy atom. The van der Waals surface area contributed by atoms with Crippen molar-refractivity contribution in [3.8, 4) is 0 Å². The fourth-order valence-corrected chi connectivity index (χ4v) is 11.3. The molecular formula is C48H70N2O28S2. The maximum atomic E-state index is 13.7. The highest BCUT2D eigenvalue weighted by molar-refractivity contribution is 8.00. The van der Waals surface area contributed by atoms with Crippen molar-refractivity contribution in [1.82, 2.24) is 10.6 Å². The lowest BCUT2D eigenvalue weighted by molar-refractivity contribution is -0.344. The van der Waals surface area contributed by atoms with Crippen LogP contribution < -0.4 is 10.6 Å². The van der Waals surface area contributed by atoms with Crippen LogP contribution in [0, 0.1) is 0 Å². The van der Waals surface area contributed by atoms with Gasteiger partial charge in [-0.1, -0.05) is 0 Å². The minimum Gasteiger partial charge on any atom is -0.465 e. The molecule has 3 saturated heterocycles. The molecule has 0 aromatic rings. The molecule has 17 atom stereocenters. The molecule has 3 fully saturated rings. The summed E-state index contributed by atoms with van der Waals surface area (Å²) in [7, 11) is 2.13. The van der Waals surface area contributed by atoms with Crippen molar-refractivity contribution < 1.29 is 134 Å². The Kier molecular flexibility index (Phi) is 27.3. The van der Waals surface area contributed by atoms with Gasteiger partial charge in [0.25, 0.3) is 5.79 Å². The third-order valence-electron chi connectivity index (χ3n) is 11.4. The Balaban J connectivity index is 2.07. The van der Waals surface area contributed by atoms with Gasteiger partial charge in [0.05, 0.1) is 13.2 Å².